The molecule has 2 N–H and O–H groups in total. The van der Waals surface area contributed by atoms with E-state index in [-0.39, 0.29) is 5.92 Å². The summed E-state index contributed by atoms with van der Waals surface area (Å²) in [7, 11) is 0. The number of imidazole rings is 1. The first kappa shape index (κ1) is 14.6. The first-order chi connectivity index (χ1) is 9.84. The molecule has 20 heavy (non-hydrogen) atoms. The second-order valence-corrected chi connectivity index (χ2v) is 4.67. The third kappa shape index (κ3) is 3.20. The number of nitrogens with one attached hydrogen (secondary N) is 1. The van der Waals surface area contributed by atoms with Gasteiger partial charge in [0, 0.05) is 23.4 Å². The van der Waals surface area contributed by atoms with Gasteiger partial charge < -0.3 is 14.8 Å². The first-order valence-electron chi connectivity index (χ1n) is 7.21. The van der Waals surface area contributed by atoms with Crippen molar-refractivity contribution in [3.05, 3.63) is 48.0 Å². The predicted octanol–water partition coefficient (Wildman–Crippen LogP) is 3.11. The number of hydrogen-bond acceptors (Lipinski definition) is 3. The summed E-state index contributed by atoms with van der Waals surface area (Å²) in [4.78, 5) is 7.07. The Hall–Kier alpha value is -1.81. The largest absolute Gasteiger partial charge is 0.493 e. The molecule has 1 aliphatic heterocycles. The van der Waals surface area contributed by atoms with Gasteiger partial charge in [0.1, 0.15) is 5.75 Å². The van der Waals surface area contributed by atoms with Crippen molar-refractivity contribution in [1.82, 2.24) is 9.97 Å². The van der Waals surface area contributed by atoms with Crippen molar-refractivity contribution in [2.75, 3.05) is 6.61 Å². The molecule has 2 unspecified atom stereocenters. The lowest BCUT2D eigenvalue weighted by atomic mass is 9.89. The van der Waals surface area contributed by atoms with Gasteiger partial charge in [0.15, 0.2) is 0 Å². The second kappa shape index (κ2) is 7.10. The number of para-hydroxylation sites is 1. The molecule has 0 aliphatic carbocycles. The lowest BCUT2D eigenvalue weighted by molar-refractivity contribution is 0.0462. The number of aliphatic hydroxyl groups excluding tert-OH is 1. The number of aliphatic hydroxyl groups is 1. The van der Waals surface area contributed by atoms with Gasteiger partial charge in [-0.3, -0.25) is 0 Å². The van der Waals surface area contributed by atoms with Gasteiger partial charge in [0.25, 0.3) is 0 Å². The van der Waals surface area contributed by atoms with Crippen LogP contribution in [0.5, 0.6) is 5.75 Å². The van der Waals surface area contributed by atoms with Crippen molar-refractivity contribution >= 4 is 0 Å². The fourth-order valence-electron chi connectivity index (χ4n) is 2.40. The lowest BCUT2D eigenvalue weighted by Gasteiger charge is -2.30. The average molecular weight is 274 g/mol. The Bertz CT molecular complexity index is 511. The molecule has 0 bridgehead atoms. The number of H-pyrrole nitrogens is 1. The van der Waals surface area contributed by atoms with Crippen LogP contribution >= 0.6 is 0 Å². The van der Waals surface area contributed by atoms with Crippen LogP contribution in [0.1, 0.15) is 37.6 Å². The number of rotatable bonds is 3. The summed E-state index contributed by atoms with van der Waals surface area (Å²) in [6.07, 6.45) is 4.84. The quantitative estimate of drug-likeness (QED) is 0.904. The Labute approximate surface area is 119 Å². The Balaban J connectivity index is 0.000000704. The van der Waals surface area contributed by atoms with E-state index >= 15 is 0 Å². The van der Waals surface area contributed by atoms with Crippen LogP contribution in [-0.4, -0.2) is 21.7 Å². The molecule has 0 amide bonds. The molecule has 108 valence electrons. The van der Waals surface area contributed by atoms with Crippen molar-refractivity contribution in [3.63, 3.8) is 0 Å². The molecule has 4 nitrogen and oxygen atoms in total. The Kier molecular flexibility index (Phi) is 5.18. The van der Waals surface area contributed by atoms with E-state index in [1.807, 2.05) is 44.3 Å². The molecule has 4 heteroatoms. The van der Waals surface area contributed by atoms with Gasteiger partial charge in [-0.1, -0.05) is 32.0 Å². The monoisotopic (exact) mass is 274 g/mol. The SMILES string of the molecule is CC.OC1c2ccccc2OCC1CCc1cnc[nH]1. The number of fused-ring (bicyclic) bond motifs is 1. The minimum atomic E-state index is -0.433. The zero-order valence-electron chi connectivity index (χ0n) is 12.0. The minimum absolute atomic E-state index is 0.142. The number of aryl methyl sites for hydroxylation is 1. The molecule has 1 aliphatic rings. The molecule has 0 saturated heterocycles. The van der Waals surface area contributed by atoms with E-state index in [1.54, 1.807) is 6.33 Å². The molecule has 1 aromatic heterocycles. The Morgan fingerprint density at radius 2 is 2.15 bits per heavy atom. The summed E-state index contributed by atoms with van der Waals surface area (Å²) in [5.74, 6) is 0.950. The van der Waals surface area contributed by atoms with Crippen LogP contribution < -0.4 is 4.74 Å². The summed E-state index contributed by atoms with van der Waals surface area (Å²) in [5.41, 5.74) is 2.00. The highest BCUT2D eigenvalue weighted by atomic mass is 16.5. The molecule has 1 aromatic carbocycles. The van der Waals surface area contributed by atoms with Crippen molar-refractivity contribution < 1.29 is 9.84 Å². The van der Waals surface area contributed by atoms with E-state index in [9.17, 15) is 5.11 Å². The number of aromatic amines is 1. The number of ether oxygens (including phenoxy) is 1. The van der Waals surface area contributed by atoms with Crippen molar-refractivity contribution in [1.29, 1.82) is 0 Å². The number of aromatic nitrogens is 2. The van der Waals surface area contributed by atoms with Crippen molar-refractivity contribution in [3.8, 4) is 5.75 Å². The van der Waals surface area contributed by atoms with E-state index in [1.165, 1.54) is 0 Å². The molecular weight excluding hydrogens is 252 g/mol. The van der Waals surface area contributed by atoms with E-state index in [0.717, 1.165) is 29.8 Å². The average Bonchev–Trinajstić information content (AvgIpc) is 3.02. The smallest absolute Gasteiger partial charge is 0.125 e. The second-order valence-electron chi connectivity index (χ2n) is 4.67. The number of nitrogens with zero attached hydrogens (tertiary/aromatic N) is 1. The number of hydrogen-bond donors (Lipinski definition) is 2. The van der Waals surface area contributed by atoms with Crippen LogP contribution in [0.4, 0.5) is 0 Å². The maximum Gasteiger partial charge on any atom is 0.125 e. The predicted molar refractivity (Wildman–Crippen MR) is 78.6 cm³/mol. The van der Waals surface area contributed by atoms with Crippen molar-refractivity contribution in [2.45, 2.75) is 32.8 Å². The molecule has 2 heterocycles. The van der Waals surface area contributed by atoms with Crippen LogP contribution in [-0.2, 0) is 6.42 Å². The summed E-state index contributed by atoms with van der Waals surface area (Å²) in [6.45, 7) is 4.58. The molecule has 0 radical (unpaired) electrons. The molecule has 0 saturated carbocycles. The van der Waals surface area contributed by atoms with E-state index in [4.69, 9.17) is 4.74 Å². The standard InChI is InChI=1S/C14H16N2O2.C2H6/c17-14-10(5-6-11-7-15-9-16-11)8-18-13-4-2-1-3-12(13)14;1-2/h1-4,7,9-10,14,17H,5-6,8H2,(H,15,16);1-2H3. The van der Waals surface area contributed by atoms with Crippen molar-refractivity contribution in [2.24, 2.45) is 5.92 Å². The Morgan fingerprint density at radius 3 is 2.90 bits per heavy atom. The molecule has 0 spiro atoms. The van der Waals surface area contributed by atoms with Gasteiger partial charge in [0.05, 0.1) is 19.0 Å². The van der Waals surface area contributed by atoms with E-state index < -0.39 is 6.10 Å². The Morgan fingerprint density at radius 1 is 1.35 bits per heavy atom. The zero-order valence-corrected chi connectivity index (χ0v) is 12.0. The fraction of sp³-hybridized carbons (Fsp3) is 0.438. The first-order valence-corrected chi connectivity index (χ1v) is 7.21. The van der Waals surface area contributed by atoms with Crippen LogP contribution in [0.3, 0.4) is 0 Å². The van der Waals surface area contributed by atoms with Crippen LogP contribution in [0.2, 0.25) is 0 Å². The van der Waals surface area contributed by atoms with Gasteiger partial charge in [-0.05, 0) is 18.9 Å². The third-order valence-electron chi connectivity index (χ3n) is 3.48. The normalized spacial score (nSPS) is 20.4. The minimum Gasteiger partial charge on any atom is -0.493 e. The highest BCUT2D eigenvalue weighted by Gasteiger charge is 2.28. The van der Waals surface area contributed by atoms with Gasteiger partial charge in [-0.15, -0.1) is 0 Å². The van der Waals surface area contributed by atoms with Crippen LogP contribution in [0, 0.1) is 5.92 Å². The maximum atomic E-state index is 10.3. The maximum absolute atomic E-state index is 10.3. The van der Waals surface area contributed by atoms with Gasteiger partial charge >= 0.3 is 0 Å². The molecule has 0 fully saturated rings. The fourth-order valence-corrected chi connectivity index (χ4v) is 2.40. The van der Waals surface area contributed by atoms with Gasteiger partial charge in [0.2, 0.25) is 0 Å². The summed E-state index contributed by atoms with van der Waals surface area (Å²) in [5, 5.41) is 10.3. The summed E-state index contributed by atoms with van der Waals surface area (Å²) < 4.78 is 5.69. The summed E-state index contributed by atoms with van der Waals surface area (Å²) >= 11 is 0. The van der Waals surface area contributed by atoms with Crippen LogP contribution in [0.25, 0.3) is 0 Å². The molecule has 3 rings (SSSR count). The highest BCUT2D eigenvalue weighted by molar-refractivity contribution is 5.36. The summed E-state index contributed by atoms with van der Waals surface area (Å²) in [6, 6.07) is 7.70. The third-order valence-corrected chi connectivity index (χ3v) is 3.48. The number of benzene rings is 1. The highest BCUT2D eigenvalue weighted by Crippen LogP contribution is 2.36. The molecule has 2 atom stereocenters. The molecule has 2 aromatic rings. The lowest BCUT2D eigenvalue weighted by Crippen LogP contribution is -2.26. The van der Waals surface area contributed by atoms with E-state index in [2.05, 4.69) is 9.97 Å². The van der Waals surface area contributed by atoms with E-state index in [0.29, 0.717) is 6.61 Å². The zero-order chi connectivity index (χ0) is 14.4. The molecular formula is C16H22N2O2. The topological polar surface area (TPSA) is 58.1 Å². The van der Waals surface area contributed by atoms with Gasteiger partial charge in [-0.25, -0.2) is 4.98 Å². The van der Waals surface area contributed by atoms with Gasteiger partial charge in [-0.2, -0.15) is 0 Å². The van der Waals surface area contributed by atoms with Crippen LogP contribution in [0.15, 0.2) is 36.8 Å².